The van der Waals surface area contributed by atoms with Gasteiger partial charge in [0.15, 0.2) is 0 Å². The normalized spacial score (nSPS) is 11.2. The molecule has 0 unspecified atom stereocenters. The van der Waals surface area contributed by atoms with E-state index >= 15 is 0 Å². The van der Waals surface area contributed by atoms with Gasteiger partial charge in [-0.1, -0.05) is 30.3 Å². The molecule has 0 fully saturated rings. The van der Waals surface area contributed by atoms with Crippen molar-refractivity contribution in [3.63, 3.8) is 0 Å². The molecule has 0 amide bonds. The third kappa shape index (κ3) is 2.61. The van der Waals surface area contributed by atoms with Crippen molar-refractivity contribution in [3.8, 4) is 11.3 Å². The summed E-state index contributed by atoms with van der Waals surface area (Å²) < 4.78 is 1.92. The molecule has 0 bridgehead atoms. The summed E-state index contributed by atoms with van der Waals surface area (Å²) in [4.78, 5) is 13.7. The van der Waals surface area contributed by atoms with E-state index in [2.05, 4.69) is 4.90 Å². The average molecular weight is 294 g/mol. The van der Waals surface area contributed by atoms with Crippen molar-refractivity contribution in [1.29, 1.82) is 0 Å². The molecule has 2 heterocycles. The summed E-state index contributed by atoms with van der Waals surface area (Å²) in [5, 5.41) is 9.48. The molecule has 22 heavy (non-hydrogen) atoms. The summed E-state index contributed by atoms with van der Waals surface area (Å²) in [5.41, 5.74) is 4.04. The third-order valence-electron chi connectivity index (χ3n) is 3.64. The van der Waals surface area contributed by atoms with Crippen molar-refractivity contribution in [1.82, 2.24) is 9.30 Å². The van der Waals surface area contributed by atoms with Gasteiger partial charge in [-0.2, -0.15) is 0 Å². The van der Waals surface area contributed by atoms with Crippen LogP contribution in [0.3, 0.4) is 0 Å². The first-order valence-electron chi connectivity index (χ1n) is 7.13. The minimum absolute atomic E-state index is 0.326. The SMILES string of the molecule is CN(C)Cc1ccc(-c2c(C(=O)O)cc3ccccn23)cc1. The van der Waals surface area contributed by atoms with E-state index in [1.807, 2.05) is 67.2 Å². The van der Waals surface area contributed by atoms with E-state index in [1.54, 1.807) is 6.07 Å². The molecule has 0 saturated heterocycles. The first kappa shape index (κ1) is 14.4. The van der Waals surface area contributed by atoms with Crippen LogP contribution in [0.4, 0.5) is 0 Å². The Hall–Kier alpha value is -2.59. The summed E-state index contributed by atoms with van der Waals surface area (Å²) in [6.45, 7) is 0.862. The number of hydrogen-bond donors (Lipinski definition) is 1. The Labute approximate surface area is 129 Å². The van der Waals surface area contributed by atoms with Crippen LogP contribution in [-0.4, -0.2) is 34.5 Å². The standard InChI is InChI=1S/C18H18N2O2/c1-19(2)12-13-6-8-14(9-7-13)17-16(18(21)22)11-15-5-3-4-10-20(15)17/h3-11H,12H2,1-2H3,(H,21,22). The number of pyridine rings is 1. The zero-order chi connectivity index (χ0) is 15.7. The lowest BCUT2D eigenvalue weighted by Crippen LogP contribution is -2.10. The third-order valence-corrected chi connectivity index (χ3v) is 3.64. The molecule has 0 aliphatic carbocycles. The van der Waals surface area contributed by atoms with Crippen molar-refractivity contribution >= 4 is 11.5 Å². The van der Waals surface area contributed by atoms with Crippen molar-refractivity contribution in [2.24, 2.45) is 0 Å². The minimum atomic E-state index is -0.906. The lowest BCUT2D eigenvalue weighted by molar-refractivity contribution is 0.0698. The van der Waals surface area contributed by atoms with Gasteiger partial charge in [0.1, 0.15) is 0 Å². The molecule has 0 radical (unpaired) electrons. The van der Waals surface area contributed by atoms with Gasteiger partial charge >= 0.3 is 5.97 Å². The summed E-state index contributed by atoms with van der Waals surface area (Å²) in [6, 6.07) is 15.5. The molecule has 1 N–H and O–H groups in total. The number of aromatic carboxylic acids is 1. The predicted octanol–water partition coefficient (Wildman–Crippen LogP) is 3.37. The van der Waals surface area contributed by atoms with Crippen molar-refractivity contribution in [3.05, 3.63) is 65.9 Å². The highest BCUT2D eigenvalue weighted by molar-refractivity contribution is 5.97. The maximum absolute atomic E-state index is 11.6. The van der Waals surface area contributed by atoms with Gasteiger partial charge in [-0.3, -0.25) is 0 Å². The van der Waals surface area contributed by atoms with Crippen LogP contribution in [0.5, 0.6) is 0 Å². The zero-order valence-electron chi connectivity index (χ0n) is 12.7. The van der Waals surface area contributed by atoms with Crippen LogP contribution in [0, 0.1) is 0 Å². The van der Waals surface area contributed by atoms with Crippen LogP contribution in [0.25, 0.3) is 16.8 Å². The monoisotopic (exact) mass is 294 g/mol. The Morgan fingerprint density at radius 2 is 1.86 bits per heavy atom. The Morgan fingerprint density at radius 3 is 2.50 bits per heavy atom. The Kier molecular flexibility index (Phi) is 3.69. The van der Waals surface area contributed by atoms with Crippen LogP contribution in [0.15, 0.2) is 54.7 Å². The maximum Gasteiger partial charge on any atom is 0.337 e. The smallest absolute Gasteiger partial charge is 0.337 e. The number of carboxylic acid groups (broad SMARTS) is 1. The number of rotatable bonds is 4. The molecule has 112 valence electrons. The second-order valence-corrected chi connectivity index (χ2v) is 5.64. The second-order valence-electron chi connectivity index (χ2n) is 5.64. The van der Waals surface area contributed by atoms with E-state index in [0.717, 1.165) is 23.3 Å². The number of aromatic nitrogens is 1. The van der Waals surface area contributed by atoms with Crippen LogP contribution < -0.4 is 0 Å². The van der Waals surface area contributed by atoms with Gasteiger partial charge in [0.05, 0.1) is 11.3 Å². The van der Waals surface area contributed by atoms with E-state index in [1.165, 1.54) is 5.56 Å². The van der Waals surface area contributed by atoms with Gasteiger partial charge in [0.25, 0.3) is 0 Å². The fraction of sp³-hybridized carbons (Fsp3) is 0.167. The first-order chi connectivity index (χ1) is 10.6. The van der Waals surface area contributed by atoms with E-state index in [4.69, 9.17) is 0 Å². The number of hydrogen-bond acceptors (Lipinski definition) is 2. The molecule has 4 heteroatoms. The summed E-state index contributed by atoms with van der Waals surface area (Å²) >= 11 is 0. The van der Waals surface area contributed by atoms with E-state index < -0.39 is 5.97 Å². The predicted molar refractivity (Wildman–Crippen MR) is 87.2 cm³/mol. The fourth-order valence-corrected chi connectivity index (χ4v) is 2.71. The van der Waals surface area contributed by atoms with Crippen molar-refractivity contribution < 1.29 is 9.90 Å². The molecule has 3 rings (SSSR count). The molecule has 0 atom stereocenters. The van der Waals surface area contributed by atoms with Gasteiger partial charge in [-0.05, 0) is 43.4 Å². The van der Waals surface area contributed by atoms with Crippen molar-refractivity contribution in [2.45, 2.75) is 6.54 Å². The van der Waals surface area contributed by atoms with Crippen LogP contribution in [0.2, 0.25) is 0 Å². The highest BCUT2D eigenvalue weighted by atomic mass is 16.4. The van der Waals surface area contributed by atoms with Crippen LogP contribution in [0.1, 0.15) is 15.9 Å². The molecule has 4 nitrogen and oxygen atoms in total. The summed E-state index contributed by atoms with van der Waals surface area (Å²) in [5.74, 6) is -0.906. The highest BCUT2D eigenvalue weighted by Crippen LogP contribution is 2.28. The number of carbonyl (C=O) groups is 1. The molecule has 1 aromatic carbocycles. The largest absolute Gasteiger partial charge is 0.478 e. The molecular formula is C18H18N2O2. The lowest BCUT2D eigenvalue weighted by Gasteiger charge is -2.10. The summed E-state index contributed by atoms with van der Waals surface area (Å²) in [6.07, 6.45) is 1.89. The van der Waals surface area contributed by atoms with E-state index in [0.29, 0.717) is 5.56 Å². The molecule has 0 saturated carbocycles. The first-order valence-corrected chi connectivity index (χ1v) is 7.13. The minimum Gasteiger partial charge on any atom is -0.478 e. The van der Waals surface area contributed by atoms with Gasteiger partial charge < -0.3 is 14.4 Å². The Balaban J connectivity index is 2.12. The summed E-state index contributed by atoms with van der Waals surface area (Å²) in [7, 11) is 4.05. The molecule has 0 aliphatic rings. The average Bonchev–Trinajstić information content (AvgIpc) is 2.87. The molecule has 0 aliphatic heterocycles. The van der Waals surface area contributed by atoms with Gasteiger partial charge in [-0.15, -0.1) is 0 Å². The number of carboxylic acids is 1. The van der Waals surface area contributed by atoms with E-state index in [-0.39, 0.29) is 0 Å². The van der Waals surface area contributed by atoms with Gasteiger partial charge in [0.2, 0.25) is 0 Å². The maximum atomic E-state index is 11.6. The molecule has 3 aromatic rings. The number of benzene rings is 1. The van der Waals surface area contributed by atoms with Gasteiger partial charge in [0, 0.05) is 18.3 Å². The number of nitrogens with zero attached hydrogens (tertiary/aromatic N) is 2. The number of fused-ring (bicyclic) bond motifs is 1. The lowest BCUT2D eigenvalue weighted by atomic mass is 10.1. The Morgan fingerprint density at radius 1 is 1.14 bits per heavy atom. The van der Waals surface area contributed by atoms with Crippen LogP contribution in [-0.2, 0) is 6.54 Å². The van der Waals surface area contributed by atoms with Crippen molar-refractivity contribution in [2.75, 3.05) is 14.1 Å². The fourth-order valence-electron chi connectivity index (χ4n) is 2.71. The molecule has 0 spiro atoms. The molecule has 2 aromatic heterocycles. The van der Waals surface area contributed by atoms with E-state index in [9.17, 15) is 9.90 Å². The topological polar surface area (TPSA) is 45.0 Å². The van der Waals surface area contributed by atoms with Crippen LogP contribution >= 0.6 is 0 Å². The Bertz CT molecular complexity index is 817. The quantitative estimate of drug-likeness (QED) is 0.802. The zero-order valence-corrected chi connectivity index (χ0v) is 12.7. The second kappa shape index (κ2) is 5.66. The molecular weight excluding hydrogens is 276 g/mol. The highest BCUT2D eigenvalue weighted by Gasteiger charge is 2.17. The van der Waals surface area contributed by atoms with Gasteiger partial charge in [-0.25, -0.2) is 4.79 Å².